The molecule has 8 heteroatoms. The number of methoxy groups -OCH3 is 1. The van der Waals surface area contributed by atoms with E-state index in [9.17, 15) is 18.8 Å². The minimum absolute atomic E-state index is 0.196. The predicted molar refractivity (Wildman–Crippen MR) is 139 cm³/mol. The molecule has 188 valence electrons. The summed E-state index contributed by atoms with van der Waals surface area (Å²) in [6.07, 6.45) is 2.13. The average molecular weight is 501 g/mol. The van der Waals surface area contributed by atoms with Gasteiger partial charge in [0.2, 0.25) is 0 Å². The Balaban J connectivity index is 1.98. The number of amides is 1. The SMILES string of the molecule is CCC(N)CN(C)C(=O)c1c(-c2cc(F)cc(F)c2)cnc2ccc(-c3cc(C#N)cc(OC)c3)cc12. The lowest BCUT2D eigenvalue weighted by Crippen LogP contribution is -2.38. The van der Waals surface area contributed by atoms with Gasteiger partial charge in [0.15, 0.2) is 0 Å². The Morgan fingerprint density at radius 2 is 1.81 bits per heavy atom. The van der Waals surface area contributed by atoms with Crippen LogP contribution in [0.3, 0.4) is 0 Å². The third-order valence-electron chi connectivity index (χ3n) is 6.24. The highest BCUT2D eigenvalue weighted by atomic mass is 19.1. The van der Waals surface area contributed by atoms with E-state index in [1.165, 1.54) is 30.3 Å². The molecular weight excluding hydrogens is 474 g/mol. The second-order valence-electron chi connectivity index (χ2n) is 8.85. The fraction of sp³-hybridized carbons (Fsp3) is 0.207. The monoisotopic (exact) mass is 500 g/mol. The van der Waals surface area contributed by atoms with Gasteiger partial charge in [0, 0.05) is 42.8 Å². The maximum Gasteiger partial charge on any atom is 0.255 e. The molecule has 1 amide bonds. The Kier molecular flexibility index (Phi) is 7.46. The topological polar surface area (TPSA) is 92.2 Å². The van der Waals surface area contributed by atoms with Crippen LogP contribution in [0.25, 0.3) is 33.2 Å². The van der Waals surface area contributed by atoms with Gasteiger partial charge >= 0.3 is 0 Å². The Hall–Kier alpha value is -4.35. The largest absolute Gasteiger partial charge is 0.497 e. The Labute approximate surface area is 213 Å². The number of nitrogens with two attached hydrogens (primary N) is 1. The highest BCUT2D eigenvalue weighted by molar-refractivity contribution is 6.12. The molecule has 0 aliphatic carbocycles. The molecule has 6 nitrogen and oxygen atoms in total. The van der Waals surface area contributed by atoms with Crippen LogP contribution in [0, 0.1) is 23.0 Å². The van der Waals surface area contributed by atoms with Gasteiger partial charge in [-0.05, 0) is 65.6 Å². The van der Waals surface area contributed by atoms with Gasteiger partial charge in [0.1, 0.15) is 17.4 Å². The molecule has 37 heavy (non-hydrogen) atoms. The van der Waals surface area contributed by atoms with E-state index >= 15 is 0 Å². The first-order chi connectivity index (χ1) is 17.7. The summed E-state index contributed by atoms with van der Waals surface area (Å²) in [7, 11) is 3.16. The number of nitrogens with zero attached hydrogens (tertiary/aromatic N) is 3. The summed E-state index contributed by atoms with van der Waals surface area (Å²) < 4.78 is 33.6. The van der Waals surface area contributed by atoms with Crippen molar-refractivity contribution in [1.82, 2.24) is 9.88 Å². The average Bonchev–Trinajstić information content (AvgIpc) is 2.90. The van der Waals surface area contributed by atoms with Crippen LogP contribution in [0.15, 0.2) is 60.8 Å². The molecule has 1 unspecified atom stereocenters. The molecule has 0 saturated heterocycles. The lowest BCUT2D eigenvalue weighted by molar-refractivity contribution is 0.0788. The van der Waals surface area contributed by atoms with E-state index in [-0.39, 0.29) is 23.1 Å². The van der Waals surface area contributed by atoms with Crippen LogP contribution in [0.2, 0.25) is 0 Å². The number of likely N-dealkylation sites (N-methyl/N-ethyl adjacent to an activating group) is 1. The van der Waals surface area contributed by atoms with Crippen molar-refractivity contribution in [2.45, 2.75) is 19.4 Å². The second-order valence-corrected chi connectivity index (χ2v) is 8.85. The minimum atomic E-state index is -0.760. The van der Waals surface area contributed by atoms with Crippen molar-refractivity contribution in [3.63, 3.8) is 0 Å². The van der Waals surface area contributed by atoms with E-state index in [0.29, 0.717) is 51.9 Å². The first-order valence-electron chi connectivity index (χ1n) is 11.7. The quantitative estimate of drug-likeness (QED) is 0.360. The molecule has 0 radical (unpaired) electrons. The first kappa shape index (κ1) is 25.7. The number of pyridine rings is 1. The number of hydrogen-bond acceptors (Lipinski definition) is 5. The normalized spacial score (nSPS) is 11.7. The molecular formula is C29H26F2N4O2. The van der Waals surface area contributed by atoms with E-state index < -0.39 is 11.6 Å². The molecule has 1 heterocycles. The van der Waals surface area contributed by atoms with Crippen LogP contribution in [0.1, 0.15) is 29.3 Å². The molecule has 3 aromatic carbocycles. The molecule has 4 aromatic rings. The maximum absolute atomic E-state index is 14.2. The molecule has 0 aliphatic rings. The van der Waals surface area contributed by atoms with Gasteiger partial charge in [-0.25, -0.2) is 8.78 Å². The van der Waals surface area contributed by atoms with Crippen LogP contribution in [0.5, 0.6) is 5.75 Å². The summed E-state index contributed by atoms with van der Waals surface area (Å²) in [5.41, 5.74) is 9.23. The summed E-state index contributed by atoms with van der Waals surface area (Å²) in [6.45, 7) is 2.24. The van der Waals surface area contributed by atoms with Crippen molar-refractivity contribution in [2.75, 3.05) is 20.7 Å². The van der Waals surface area contributed by atoms with Crippen LogP contribution in [-0.2, 0) is 0 Å². The lowest BCUT2D eigenvalue weighted by Gasteiger charge is -2.23. The van der Waals surface area contributed by atoms with Crippen LogP contribution in [-0.4, -0.2) is 42.5 Å². The molecule has 0 spiro atoms. The van der Waals surface area contributed by atoms with Crippen LogP contribution in [0.4, 0.5) is 8.78 Å². The molecule has 1 aromatic heterocycles. The van der Waals surface area contributed by atoms with Crippen molar-refractivity contribution in [3.05, 3.63) is 83.6 Å². The molecule has 0 bridgehead atoms. The zero-order chi connectivity index (χ0) is 26.7. The lowest BCUT2D eigenvalue weighted by atomic mass is 9.94. The molecule has 0 fully saturated rings. The van der Waals surface area contributed by atoms with Gasteiger partial charge < -0.3 is 15.4 Å². The van der Waals surface area contributed by atoms with Crippen LogP contribution >= 0.6 is 0 Å². The Morgan fingerprint density at radius 3 is 2.46 bits per heavy atom. The highest BCUT2D eigenvalue weighted by Crippen LogP contribution is 2.34. The fourth-order valence-electron chi connectivity index (χ4n) is 4.23. The second kappa shape index (κ2) is 10.7. The first-order valence-corrected chi connectivity index (χ1v) is 11.7. The summed E-state index contributed by atoms with van der Waals surface area (Å²) in [5.74, 6) is -1.36. The van der Waals surface area contributed by atoms with Crippen molar-refractivity contribution in [1.29, 1.82) is 5.26 Å². The van der Waals surface area contributed by atoms with Crippen molar-refractivity contribution in [2.24, 2.45) is 5.73 Å². The summed E-state index contributed by atoms with van der Waals surface area (Å²) in [5, 5.41) is 9.94. The summed E-state index contributed by atoms with van der Waals surface area (Å²) >= 11 is 0. The van der Waals surface area contributed by atoms with E-state index in [0.717, 1.165) is 6.07 Å². The van der Waals surface area contributed by atoms with E-state index in [2.05, 4.69) is 11.1 Å². The van der Waals surface area contributed by atoms with Gasteiger partial charge in [0.25, 0.3) is 5.91 Å². The Bertz CT molecular complexity index is 1510. The highest BCUT2D eigenvalue weighted by Gasteiger charge is 2.23. The zero-order valence-corrected chi connectivity index (χ0v) is 20.8. The third-order valence-corrected chi connectivity index (χ3v) is 6.24. The van der Waals surface area contributed by atoms with Gasteiger partial charge in [-0.1, -0.05) is 13.0 Å². The summed E-state index contributed by atoms with van der Waals surface area (Å²) in [4.78, 5) is 19.8. The van der Waals surface area contributed by atoms with E-state index in [1.54, 1.807) is 37.4 Å². The number of rotatable bonds is 7. The van der Waals surface area contributed by atoms with E-state index in [4.69, 9.17) is 10.5 Å². The standard InChI is InChI=1S/C29H26F2N4O2/c1-4-23(33)16-35(2)29(36)28-25-12-18(19-7-17(14-32)8-24(11-19)37-3)5-6-27(25)34-15-26(28)20-9-21(30)13-22(31)10-20/h5-13,15,23H,4,16,33H2,1-3H3. The number of aromatic nitrogens is 1. The minimum Gasteiger partial charge on any atom is -0.497 e. The van der Waals surface area contributed by atoms with Crippen molar-refractivity contribution < 1.29 is 18.3 Å². The predicted octanol–water partition coefficient (Wildman–Crippen LogP) is 5.54. The number of ether oxygens (including phenoxy) is 1. The van der Waals surface area contributed by atoms with E-state index in [1.807, 2.05) is 13.0 Å². The maximum atomic E-state index is 14.2. The van der Waals surface area contributed by atoms with Crippen LogP contribution < -0.4 is 10.5 Å². The Morgan fingerprint density at radius 1 is 1.08 bits per heavy atom. The number of nitriles is 1. The zero-order valence-electron chi connectivity index (χ0n) is 20.8. The molecule has 2 N–H and O–H groups in total. The fourth-order valence-corrected chi connectivity index (χ4v) is 4.23. The van der Waals surface area contributed by atoms with Gasteiger partial charge in [0.05, 0.1) is 29.8 Å². The molecule has 0 saturated carbocycles. The molecule has 0 aliphatic heterocycles. The van der Waals surface area contributed by atoms with Gasteiger partial charge in [-0.2, -0.15) is 5.26 Å². The third kappa shape index (κ3) is 5.42. The number of carbonyl (C=O) groups excluding carboxylic acids is 1. The summed E-state index contributed by atoms with van der Waals surface area (Å²) in [6, 6.07) is 15.5. The number of hydrogen-bond donors (Lipinski definition) is 1. The molecule has 4 rings (SSSR count). The smallest absolute Gasteiger partial charge is 0.255 e. The number of carbonyl (C=O) groups is 1. The number of benzene rings is 3. The molecule has 1 atom stereocenters. The number of fused-ring (bicyclic) bond motifs is 1. The van der Waals surface area contributed by atoms with Crippen molar-refractivity contribution in [3.8, 4) is 34.1 Å². The number of halogens is 2. The van der Waals surface area contributed by atoms with Gasteiger partial charge in [-0.15, -0.1) is 0 Å². The van der Waals surface area contributed by atoms with Crippen molar-refractivity contribution >= 4 is 16.8 Å². The van der Waals surface area contributed by atoms with Gasteiger partial charge in [-0.3, -0.25) is 9.78 Å².